The standard InChI is InChI=1S/C18H23N5S/c1-19-18-21-16(20-10-7-11-23(2)3)14-12-15(24-17(14)22-18)13-8-5-4-6-9-13/h4-6,8-9,12H,7,10-11H2,1-3H3,(H2,19,20,21,22). The van der Waals surface area contributed by atoms with Gasteiger partial charge in [-0.1, -0.05) is 30.3 Å². The second-order valence-corrected chi connectivity index (χ2v) is 6.96. The maximum atomic E-state index is 4.61. The van der Waals surface area contributed by atoms with Gasteiger partial charge in [0.05, 0.1) is 5.39 Å². The zero-order chi connectivity index (χ0) is 16.9. The number of hydrogen-bond donors (Lipinski definition) is 2. The van der Waals surface area contributed by atoms with Gasteiger partial charge in [0.1, 0.15) is 10.6 Å². The summed E-state index contributed by atoms with van der Waals surface area (Å²) in [5, 5.41) is 7.61. The first-order valence-electron chi connectivity index (χ1n) is 8.10. The molecule has 6 heteroatoms. The minimum atomic E-state index is 0.652. The average Bonchev–Trinajstić information content (AvgIpc) is 3.03. The molecule has 5 nitrogen and oxygen atoms in total. The molecular weight excluding hydrogens is 318 g/mol. The number of aromatic nitrogens is 2. The quantitative estimate of drug-likeness (QED) is 0.641. The minimum Gasteiger partial charge on any atom is -0.369 e. The first-order valence-corrected chi connectivity index (χ1v) is 8.92. The lowest BCUT2D eigenvalue weighted by Crippen LogP contribution is -2.16. The number of fused-ring (bicyclic) bond motifs is 1. The van der Waals surface area contributed by atoms with Crippen molar-refractivity contribution in [3.8, 4) is 10.4 Å². The molecule has 3 aromatic rings. The van der Waals surface area contributed by atoms with E-state index in [4.69, 9.17) is 0 Å². The molecule has 2 aromatic heterocycles. The van der Waals surface area contributed by atoms with Gasteiger partial charge in [0.2, 0.25) is 5.95 Å². The van der Waals surface area contributed by atoms with Crippen molar-refractivity contribution < 1.29 is 0 Å². The van der Waals surface area contributed by atoms with E-state index in [1.54, 1.807) is 11.3 Å². The van der Waals surface area contributed by atoms with Crippen molar-refractivity contribution >= 4 is 33.3 Å². The van der Waals surface area contributed by atoms with Crippen LogP contribution >= 0.6 is 11.3 Å². The normalized spacial score (nSPS) is 11.2. The van der Waals surface area contributed by atoms with Crippen LogP contribution in [0.5, 0.6) is 0 Å². The molecule has 0 unspecified atom stereocenters. The highest BCUT2D eigenvalue weighted by Gasteiger charge is 2.12. The molecule has 0 amide bonds. The second kappa shape index (κ2) is 7.59. The highest BCUT2D eigenvalue weighted by molar-refractivity contribution is 7.21. The van der Waals surface area contributed by atoms with Crippen molar-refractivity contribution in [3.63, 3.8) is 0 Å². The molecule has 0 saturated carbocycles. The van der Waals surface area contributed by atoms with Crippen molar-refractivity contribution in [1.82, 2.24) is 14.9 Å². The van der Waals surface area contributed by atoms with Gasteiger partial charge in [-0.05, 0) is 38.7 Å². The lowest BCUT2D eigenvalue weighted by molar-refractivity contribution is 0.405. The molecule has 0 bridgehead atoms. The number of thiophene rings is 1. The number of hydrogen-bond acceptors (Lipinski definition) is 6. The van der Waals surface area contributed by atoms with Gasteiger partial charge in [0, 0.05) is 18.5 Å². The van der Waals surface area contributed by atoms with Crippen molar-refractivity contribution in [2.75, 3.05) is 44.9 Å². The van der Waals surface area contributed by atoms with E-state index in [1.165, 1.54) is 10.4 Å². The minimum absolute atomic E-state index is 0.652. The Bertz CT molecular complexity index is 798. The Morgan fingerprint density at radius 1 is 1.12 bits per heavy atom. The molecule has 0 fully saturated rings. The van der Waals surface area contributed by atoms with E-state index >= 15 is 0 Å². The van der Waals surface area contributed by atoms with Gasteiger partial charge >= 0.3 is 0 Å². The molecular formula is C18H23N5S. The highest BCUT2D eigenvalue weighted by atomic mass is 32.1. The van der Waals surface area contributed by atoms with Crippen LogP contribution in [-0.4, -0.2) is 49.1 Å². The third kappa shape index (κ3) is 3.83. The molecule has 2 heterocycles. The van der Waals surface area contributed by atoms with Crippen LogP contribution in [0, 0.1) is 0 Å². The molecule has 1 aromatic carbocycles. The highest BCUT2D eigenvalue weighted by Crippen LogP contribution is 2.35. The van der Waals surface area contributed by atoms with Crippen molar-refractivity contribution in [1.29, 1.82) is 0 Å². The molecule has 0 spiro atoms. The lowest BCUT2D eigenvalue weighted by atomic mass is 10.2. The predicted molar refractivity (Wildman–Crippen MR) is 104 cm³/mol. The summed E-state index contributed by atoms with van der Waals surface area (Å²) in [7, 11) is 6.03. The fraction of sp³-hybridized carbons (Fsp3) is 0.333. The van der Waals surface area contributed by atoms with E-state index in [2.05, 4.69) is 69.9 Å². The SMILES string of the molecule is CNc1nc(NCCCN(C)C)c2cc(-c3ccccc3)sc2n1. The third-order valence-electron chi connectivity index (χ3n) is 3.75. The summed E-state index contributed by atoms with van der Waals surface area (Å²) in [5.41, 5.74) is 1.21. The lowest BCUT2D eigenvalue weighted by Gasteiger charge is -2.11. The van der Waals surface area contributed by atoms with Crippen molar-refractivity contribution in [3.05, 3.63) is 36.4 Å². The maximum absolute atomic E-state index is 4.61. The molecule has 0 aliphatic rings. The Balaban J connectivity index is 1.90. The van der Waals surface area contributed by atoms with Gasteiger partial charge < -0.3 is 15.5 Å². The van der Waals surface area contributed by atoms with Gasteiger partial charge in [0.15, 0.2) is 0 Å². The summed E-state index contributed by atoms with van der Waals surface area (Å²) in [6.45, 7) is 1.95. The number of nitrogens with one attached hydrogen (secondary N) is 2. The fourth-order valence-corrected chi connectivity index (χ4v) is 3.55. The van der Waals surface area contributed by atoms with Gasteiger partial charge in [0.25, 0.3) is 0 Å². The number of anilines is 2. The van der Waals surface area contributed by atoms with E-state index < -0.39 is 0 Å². The third-order valence-corrected chi connectivity index (χ3v) is 4.83. The molecule has 3 rings (SSSR count). The first kappa shape index (κ1) is 16.7. The molecule has 24 heavy (non-hydrogen) atoms. The van der Waals surface area contributed by atoms with E-state index in [9.17, 15) is 0 Å². The molecule has 0 radical (unpaired) electrons. The zero-order valence-electron chi connectivity index (χ0n) is 14.3. The predicted octanol–water partition coefficient (Wildman–Crippen LogP) is 3.76. The summed E-state index contributed by atoms with van der Waals surface area (Å²) < 4.78 is 0. The van der Waals surface area contributed by atoms with Crippen LogP contribution in [0.3, 0.4) is 0 Å². The Kier molecular flexibility index (Phi) is 5.27. The number of nitrogens with zero attached hydrogens (tertiary/aromatic N) is 3. The van der Waals surface area contributed by atoms with E-state index in [0.29, 0.717) is 5.95 Å². The van der Waals surface area contributed by atoms with Crippen LogP contribution in [0.25, 0.3) is 20.7 Å². The van der Waals surface area contributed by atoms with Crippen molar-refractivity contribution in [2.24, 2.45) is 0 Å². The Hall–Kier alpha value is -2.18. The summed E-state index contributed by atoms with van der Waals surface area (Å²) >= 11 is 1.70. The van der Waals surface area contributed by atoms with E-state index in [-0.39, 0.29) is 0 Å². The maximum Gasteiger partial charge on any atom is 0.225 e. The average molecular weight is 341 g/mol. The smallest absolute Gasteiger partial charge is 0.225 e. The Labute approximate surface area is 146 Å². The Morgan fingerprint density at radius 2 is 1.92 bits per heavy atom. The van der Waals surface area contributed by atoms with E-state index in [1.807, 2.05) is 13.1 Å². The molecule has 2 N–H and O–H groups in total. The fourth-order valence-electron chi connectivity index (χ4n) is 2.51. The number of rotatable bonds is 7. The summed E-state index contributed by atoms with van der Waals surface area (Å²) in [4.78, 5) is 13.6. The molecule has 0 aliphatic heterocycles. The zero-order valence-corrected chi connectivity index (χ0v) is 15.2. The summed E-state index contributed by atoms with van der Waals surface area (Å²) in [6.07, 6.45) is 1.07. The number of benzene rings is 1. The van der Waals surface area contributed by atoms with Gasteiger partial charge in [-0.15, -0.1) is 11.3 Å². The van der Waals surface area contributed by atoms with Crippen LogP contribution in [0.15, 0.2) is 36.4 Å². The first-order chi connectivity index (χ1) is 11.7. The summed E-state index contributed by atoms with van der Waals surface area (Å²) in [5.74, 6) is 1.56. The molecule has 0 saturated heterocycles. The van der Waals surface area contributed by atoms with Crippen molar-refractivity contribution in [2.45, 2.75) is 6.42 Å². The molecule has 126 valence electrons. The molecule has 0 atom stereocenters. The van der Waals surface area contributed by atoms with Crippen LogP contribution in [0.4, 0.5) is 11.8 Å². The summed E-state index contributed by atoms with van der Waals surface area (Å²) in [6, 6.07) is 12.6. The van der Waals surface area contributed by atoms with Gasteiger partial charge in [-0.2, -0.15) is 4.98 Å². The topological polar surface area (TPSA) is 53.1 Å². The van der Waals surface area contributed by atoms with Gasteiger partial charge in [-0.3, -0.25) is 0 Å². The largest absolute Gasteiger partial charge is 0.369 e. The van der Waals surface area contributed by atoms with Crippen LogP contribution in [0.1, 0.15) is 6.42 Å². The monoisotopic (exact) mass is 341 g/mol. The van der Waals surface area contributed by atoms with Crippen LogP contribution in [-0.2, 0) is 0 Å². The Morgan fingerprint density at radius 3 is 2.62 bits per heavy atom. The van der Waals surface area contributed by atoms with E-state index in [0.717, 1.165) is 35.5 Å². The second-order valence-electron chi connectivity index (χ2n) is 5.92. The van der Waals surface area contributed by atoms with Gasteiger partial charge in [-0.25, -0.2) is 4.98 Å². The van der Waals surface area contributed by atoms with Crippen LogP contribution in [0.2, 0.25) is 0 Å². The molecule has 0 aliphatic carbocycles. The van der Waals surface area contributed by atoms with Crippen LogP contribution < -0.4 is 10.6 Å².